The third-order valence-electron chi connectivity index (χ3n) is 3.18. The number of carbonyl (C=O) groups is 1. The Morgan fingerprint density at radius 3 is 2.88 bits per heavy atom. The Kier molecular flexibility index (Phi) is 2.97. The molecule has 0 amide bonds. The summed E-state index contributed by atoms with van der Waals surface area (Å²) in [5.74, 6) is 0.217. The van der Waals surface area contributed by atoms with E-state index in [4.69, 9.17) is 0 Å². The molecule has 2 aliphatic heterocycles. The minimum atomic E-state index is -0.851. The summed E-state index contributed by atoms with van der Waals surface area (Å²) in [6.07, 6.45) is 1.08. The lowest BCUT2D eigenvalue weighted by Gasteiger charge is -2.42. The fraction of sp³-hybridized carbons (Fsp3) is 0.636. The van der Waals surface area contributed by atoms with Crippen LogP contribution in [0.2, 0.25) is 0 Å². The number of carboxylic acids is 1. The van der Waals surface area contributed by atoms with Crippen LogP contribution in [0.15, 0.2) is 16.3 Å². The lowest BCUT2D eigenvalue weighted by atomic mass is 10.0. The first-order valence-electron chi connectivity index (χ1n) is 5.46. The number of nitrogens with zero attached hydrogens (tertiary/aromatic N) is 2. The van der Waals surface area contributed by atoms with Gasteiger partial charge in [-0.1, -0.05) is 11.8 Å². The van der Waals surface area contributed by atoms with Crippen molar-refractivity contribution in [1.82, 2.24) is 4.90 Å². The SMILES string of the molecule is CC1=C(C(=O)O)C(C)N2C(=N1)SCCC2C. The van der Waals surface area contributed by atoms with Crippen molar-refractivity contribution >= 4 is 22.9 Å². The molecule has 0 spiro atoms. The molecule has 16 heavy (non-hydrogen) atoms. The van der Waals surface area contributed by atoms with Crippen molar-refractivity contribution in [2.45, 2.75) is 39.3 Å². The fourth-order valence-electron chi connectivity index (χ4n) is 2.34. The fourth-order valence-corrected chi connectivity index (χ4v) is 3.67. The van der Waals surface area contributed by atoms with E-state index in [0.29, 0.717) is 17.3 Å². The zero-order valence-corrected chi connectivity index (χ0v) is 10.5. The van der Waals surface area contributed by atoms with Crippen LogP contribution in [0.4, 0.5) is 0 Å². The number of carboxylic acid groups (broad SMARTS) is 1. The molecule has 0 radical (unpaired) electrons. The number of thioether (sulfide) groups is 1. The molecule has 0 aromatic rings. The number of allylic oxidation sites excluding steroid dienone is 1. The minimum Gasteiger partial charge on any atom is -0.478 e. The molecule has 2 aliphatic rings. The van der Waals surface area contributed by atoms with Gasteiger partial charge in [-0.05, 0) is 27.2 Å². The molecule has 1 saturated heterocycles. The normalized spacial score (nSPS) is 29.9. The van der Waals surface area contributed by atoms with E-state index in [2.05, 4.69) is 16.8 Å². The van der Waals surface area contributed by atoms with E-state index in [-0.39, 0.29) is 6.04 Å². The van der Waals surface area contributed by atoms with Gasteiger partial charge in [0.15, 0.2) is 5.17 Å². The second-order valence-corrected chi connectivity index (χ2v) is 5.33. The standard InChI is InChI=1S/C11H16N2O2S/c1-6-4-5-16-11-12-7(2)9(10(14)15)8(3)13(6)11/h6,8H,4-5H2,1-3H3,(H,14,15). The Morgan fingerprint density at radius 1 is 1.56 bits per heavy atom. The van der Waals surface area contributed by atoms with Gasteiger partial charge in [0.25, 0.3) is 0 Å². The molecule has 2 heterocycles. The van der Waals surface area contributed by atoms with Crippen LogP contribution in [0, 0.1) is 0 Å². The monoisotopic (exact) mass is 240 g/mol. The van der Waals surface area contributed by atoms with Crippen LogP contribution in [0.1, 0.15) is 27.2 Å². The van der Waals surface area contributed by atoms with Gasteiger partial charge < -0.3 is 10.0 Å². The number of rotatable bonds is 1. The first-order valence-corrected chi connectivity index (χ1v) is 6.44. The van der Waals surface area contributed by atoms with E-state index in [1.807, 2.05) is 6.92 Å². The number of aliphatic imine (C=N–C) groups is 1. The quantitative estimate of drug-likeness (QED) is 0.761. The average molecular weight is 240 g/mol. The van der Waals surface area contributed by atoms with E-state index in [1.165, 1.54) is 0 Å². The zero-order chi connectivity index (χ0) is 11.9. The second kappa shape index (κ2) is 4.13. The highest BCUT2D eigenvalue weighted by molar-refractivity contribution is 8.13. The highest BCUT2D eigenvalue weighted by Crippen LogP contribution is 2.33. The molecule has 2 unspecified atom stereocenters. The molecule has 1 N–H and O–H groups in total. The van der Waals surface area contributed by atoms with Crippen molar-refractivity contribution < 1.29 is 9.90 Å². The first kappa shape index (κ1) is 11.5. The third kappa shape index (κ3) is 1.73. The topological polar surface area (TPSA) is 52.9 Å². The van der Waals surface area contributed by atoms with Crippen LogP contribution in [0.3, 0.4) is 0 Å². The highest BCUT2D eigenvalue weighted by Gasteiger charge is 2.36. The highest BCUT2D eigenvalue weighted by atomic mass is 32.2. The predicted octanol–water partition coefficient (Wildman–Crippen LogP) is 1.93. The van der Waals surface area contributed by atoms with Gasteiger partial charge in [-0.15, -0.1) is 0 Å². The lowest BCUT2D eigenvalue weighted by Crippen LogP contribution is -2.50. The summed E-state index contributed by atoms with van der Waals surface area (Å²) in [6.45, 7) is 5.86. The number of aliphatic carboxylic acids is 1. The van der Waals surface area contributed by atoms with E-state index >= 15 is 0 Å². The molecule has 2 rings (SSSR count). The van der Waals surface area contributed by atoms with Crippen molar-refractivity contribution in [3.05, 3.63) is 11.3 Å². The van der Waals surface area contributed by atoms with Gasteiger partial charge in [0.05, 0.1) is 17.3 Å². The molecule has 0 aromatic heterocycles. The number of hydrogen-bond acceptors (Lipinski definition) is 4. The zero-order valence-electron chi connectivity index (χ0n) is 9.73. The summed E-state index contributed by atoms with van der Waals surface area (Å²) in [5.41, 5.74) is 1.07. The Bertz CT molecular complexity index is 389. The van der Waals surface area contributed by atoms with Crippen LogP contribution < -0.4 is 0 Å². The Balaban J connectivity index is 2.42. The predicted molar refractivity (Wildman–Crippen MR) is 65.6 cm³/mol. The summed E-state index contributed by atoms with van der Waals surface area (Å²) in [4.78, 5) is 17.7. The van der Waals surface area contributed by atoms with Crippen molar-refractivity contribution in [2.75, 3.05) is 5.75 Å². The van der Waals surface area contributed by atoms with Crippen molar-refractivity contribution in [3.8, 4) is 0 Å². The Morgan fingerprint density at radius 2 is 2.25 bits per heavy atom. The van der Waals surface area contributed by atoms with Gasteiger partial charge >= 0.3 is 5.97 Å². The summed E-state index contributed by atoms with van der Waals surface area (Å²) in [7, 11) is 0. The molecule has 5 heteroatoms. The molecule has 0 aromatic carbocycles. The molecule has 0 saturated carbocycles. The van der Waals surface area contributed by atoms with E-state index in [0.717, 1.165) is 17.3 Å². The van der Waals surface area contributed by atoms with Gasteiger partial charge in [-0.3, -0.25) is 0 Å². The molecule has 1 fully saturated rings. The molecule has 0 bridgehead atoms. The minimum absolute atomic E-state index is 0.0761. The van der Waals surface area contributed by atoms with E-state index in [1.54, 1.807) is 18.7 Å². The molecular formula is C11H16N2O2S. The maximum Gasteiger partial charge on any atom is 0.335 e. The third-order valence-corrected chi connectivity index (χ3v) is 4.18. The maximum atomic E-state index is 11.2. The van der Waals surface area contributed by atoms with E-state index in [9.17, 15) is 9.90 Å². The van der Waals surface area contributed by atoms with Gasteiger partial charge in [-0.25, -0.2) is 9.79 Å². The van der Waals surface area contributed by atoms with Crippen LogP contribution in [0.5, 0.6) is 0 Å². The van der Waals surface area contributed by atoms with Crippen LogP contribution >= 0.6 is 11.8 Å². The van der Waals surface area contributed by atoms with Gasteiger partial charge in [0.2, 0.25) is 0 Å². The smallest absolute Gasteiger partial charge is 0.335 e. The number of amidine groups is 1. The lowest BCUT2D eigenvalue weighted by molar-refractivity contribution is -0.133. The van der Waals surface area contributed by atoms with Crippen LogP contribution in [0.25, 0.3) is 0 Å². The molecule has 0 aliphatic carbocycles. The maximum absolute atomic E-state index is 11.2. The van der Waals surface area contributed by atoms with Crippen molar-refractivity contribution in [1.29, 1.82) is 0 Å². The molecule has 2 atom stereocenters. The van der Waals surface area contributed by atoms with Crippen molar-refractivity contribution in [2.24, 2.45) is 4.99 Å². The van der Waals surface area contributed by atoms with Crippen LogP contribution in [-0.4, -0.2) is 39.0 Å². The summed E-state index contributed by atoms with van der Waals surface area (Å²) in [5, 5.41) is 10.2. The Labute approximate surface area is 99.4 Å². The van der Waals surface area contributed by atoms with E-state index < -0.39 is 5.97 Å². The van der Waals surface area contributed by atoms with Crippen LogP contribution in [-0.2, 0) is 4.79 Å². The second-order valence-electron chi connectivity index (χ2n) is 4.27. The number of fused-ring (bicyclic) bond motifs is 1. The van der Waals surface area contributed by atoms with Gasteiger partial charge in [-0.2, -0.15) is 0 Å². The molecular weight excluding hydrogens is 224 g/mol. The van der Waals surface area contributed by atoms with Crippen molar-refractivity contribution in [3.63, 3.8) is 0 Å². The molecule has 88 valence electrons. The summed E-state index contributed by atoms with van der Waals surface area (Å²) >= 11 is 1.72. The van der Waals surface area contributed by atoms with Gasteiger partial charge in [0.1, 0.15) is 0 Å². The van der Waals surface area contributed by atoms with Gasteiger partial charge in [0, 0.05) is 11.8 Å². The summed E-state index contributed by atoms with van der Waals surface area (Å²) < 4.78 is 0. The molecule has 4 nitrogen and oxygen atoms in total. The number of hydrogen-bond donors (Lipinski definition) is 1. The Hall–Kier alpha value is -0.970. The summed E-state index contributed by atoms with van der Waals surface area (Å²) in [6, 6.07) is 0.297. The first-order chi connectivity index (χ1) is 7.52. The largest absolute Gasteiger partial charge is 0.478 e. The average Bonchev–Trinajstić information content (AvgIpc) is 2.15.